The van der Waals surface area contributed by atoms with Crippen LogP contribution < -0.4 is 5.32 Å². The highest BCUT2D eigenvalue weighted by Crippen LogP contribution is 2.22. The van der Waals surface area contributed by atoms with Crippen LogP contribution in [0, 0.1) is 13.8 Å². The first-order valence-corrected chi connectivity index (χ1v) is 8.25. The SMILES string of the molecule is CCn1nc(C)c(NC(=O)CN(C)[C@H](C)c2nccs2)c1C. The Balaban J connectivity index is 2.00. The molecule has 22 heavy (non-hydrogen) atoms. The average molecular weight is 321 g/mol. The fraction of sp³-hybridized carbons (Fsp3) is 0.533. The Morgan fingerprint density at radius 3 is 2.77 bits per heavy atom. The van der Waals surface area contributed by atoms with Gasteiger partial charge in [-0.25, -0.2) is 4.98 Å². The van der Waals surface area contributed by atoms with E-state index in [1.165, 1.54) is 0 Å². The molecule has 1 N–H and O–H groups in total. The quantitative estimate of drug-likeness (QED) is 0.888. The number of carbonyl (C=O) groups excluding carboxylic acids is 1. The van der Waals surface area contributed by atoms with E-state index in [9.17, 15) is 4.79 Å². The highest BCUT2D eigenvalue weighted by Gasteiger charge is 2.19. The van der Waals surface area contributed by atoms with Crippen molar-refractivity contribution in [3.05, 3.63) is 28.0 Å². The highest BCUT2D eigenvalue weighted by atomic mass is 32.1. The van der Waals surface area contributed by atoms with Crippen molar-refractivity contribution in [2.75, 3.05) is 18.9 Å². The predicted octanol–water partition coefficient (Wildman–Crippen LogP) is 2.61. The molecule has 0 aromatic carbocycles. The van der Waals surface area contributed by atoms with Gasteiger partial charge in [0.15, 0.2) is 0 Å². The normalized spacial score (nSPS) is 12.6. The van der Waals surface area contributed by atoms with Crippen molar-refractivity contribution < 1.29 is 4.79 Å². The molecule has 120 valence electrons. The number of anilines is 1. The van der Waals surface area contributed by atoms with E-state index in [1.54, 1.807) is 17.5 Å². The van der Waals surface area contributed by atoms with Crippen LogP contribution >= 0.6 is 11.3 Å². The lowest BCUT2D eigenvalue weighted by Crippen LogP contribution is -2.32. The molecule has 0 aliphatic heterocycles. The maximum absolute atomic E-state index is 12.3. The first-order chi connectivity index (χ1) is 10.4. The summed E-state index contributed by atoms with van der Waals surface area (Å²) < 4.78 is 1.90. The predicted molar refractivity (Wildman–Crippen MR) is 89.2 cm³/mol. The van der Waals surface area contributed by atoms with Crippen molar-refractivity contribution in [3.63, 3.8) is 0 Å². The first kappa shape index (κ1) is 16.6. The standard InChI is InChI=1S/C15H23N5OS/c1-6-20-11(3)14(10(2)18-20)17-13(21)9-19(5)12(4)15-16-7-8-22-15/h7-8,12H,6,9H2,1-5H3,(H,17,21)/t12-/m1/s1. The summed E-state index contributed by atoms with van der Waals surface area (Å²) in [6.45, 7) is 9.09. The van der Waals surface area contributed by atoms with Crippen molar-refractivity contribution in [3.8, 4) is 0 Å². The summed E-state index contributed by atoms with van der Waals surface area (Å²) in [5, 5.41) is 10.4. The molecule has 2 aromatic rings. The van der Waals surface area contributed by atoms with Crippen molar-refractivity contribution in [1.82, 2.24) is 19.7 Å². The van der Waals surface area contributed by atoms with Crippen LogP contribution in [-0.4, -0.2) is 39.2 Å². The molecule has 0 radical (unpaired) electrons. The maximum Gasteiger partial charge on any atom is 0.238 e. The average Bonchev–Trinajstić information content (AvgIpc) is 3.10. The lowest BCUT2D eigenvalue weighted by atomic mass is 10.3. The minimum atomic E-state index is -0.0345. The molecule has 1 amide bonds. The summed E-state index contributed by atoms with van der Waals surface area (Å²) in [4.78, 5) is 18.6. The monoisotopic (exact) mass is 321 g/mol. The zero-order valence-electron chi connectivity index (χ0n) is 13.8. The van der Waals surface area contributed by atoms with E-state index in [0.717, 1.165) is 28.6 Å². The fourth-order valence-electron chi connectivity index (χ4n) is 2.36. The summed E-state index contributed by atoms with van der Waals surface area (Å²) in [5.74, 6) is -0.0345. The lowest BCUT2D eigenvalue weighted by molar-refractivity contribution is -0.117. The van der Waals surface area contributed by atoms with Gasteiger partial charge in [-0.1, -0.05) is 0 Å². The van der Waals surface area contributed by atoms with E-state index in [1.807, 2.05) is 42.8 Å². The molecular weight excluding hydrogens is 298 g/mol. The van der Waals surface area contributed by atoms with E-state index < -0.39 is 0 Å². The Bertz CT molecular complexity index is 635. The number of rotatable bonds is 6. The lowest BCUT2D eigenvalue weighted by Gasteiger charge is -2.22. The van der Waals surface area contributed by atoms with Gasteiger partial charge in [0.1, 0.15) is 5.01 Å². The van der Waals surface area contributed by atoms with Gasteiger partial charge >= 0.3 is 0 Å². The third-order valence-corrected chi connectivity index (χ3v) is 4.75. The zero-order valence-corrected chi connectivity index (χ0v) is 14.6. The Morgan fingerprint density at radius 2 is 2.23 bits per heavy atom. The second-order valence-corrected chi connectivity index (χ2v) is 6.30. The number of hydrogen-bond donors (Lipinski definition) is 1. The minimum absolute atomic E-state index is 0.0345. The minimum Gasteiger partial charge on any atom is -0.322 e. The summed E-state index contributed by atoms with van der Waals surface area (Å²) in [7, 11) is 1.93. The molecule has 0 unspecified atom stereocenters. The van der Waals surface area contributed by atoms with Crippen LogP contribution in [0.4, 0.5) is 5.69 Å². The Labute approximate surface area is 135 Å². The Hall–Kier alpha value is -1.73. The molecule has 2 aromatic heterocycles. The van der Waals surface area contributed by atoms with Crippen molar-refractivity contribution in [2.24, 2.45) is 0 Å². The number of thiazole rings is 1. The highest BCUT2D eigenvalue weighted by molar-refractivity contribution is 7.09. The maximum atomic E-state index is 12.3. The summed E-state index contributed by atoms with van der Waals surface area (Å²) >= 11 is 1.60. The largest absolute Gasteiger partial charge is 0.322 e. The molecule has 6 nitrogen and oxygen atoms in total. The van der Waals surface area contributed by atoms with E-state index in [0.29, 0.717) is 6.54 Å². The summed E-state index contributed by atoms with van der Waals surface area (Å²) in [6.07, 6.45) is 1.79. The number of nitrogens with zero attached hydrogens (tertiary/aromatic N) is 4. The van der Waals surface area contributed by atoms with Crippen LogP contribution in [0.5, 0.6) is 0 Å². The van der Waals surface area contributed by atoms with Gasteiger partial charge in [0.05, 0.1) is 29.7 Å². The first-order valence-electron chi connectivity index (χ1n) is 7.37. The van der Waals surface area contributed by atoms with Crippen LogP contribution in [0.3, 0.4) is 0 Å². The molecule has 0 bridgehead atoms. The van der Waals surface area contributed by atoms with Crippen LogP contribution in [0.15, 0.2) is 11.6 Å². The van der Waals surface area contributed by atoms with Gasteiger partial charge in [-0.2, -0.15) is 5.10 Å². The molecule has 0 saturated carbocycles. The third-order valence-electron chi connectivity index (χ3n) is 3.81. The van der Waals surface area contributed by atoms with Crippen molar-refractivity contribution >= 4 is 22.9 Å². The molecule has 0 aliphatic rings. The van der Waals surface area contributed by atoms with Crippen molar-refractivity contribution in [2.45, 2.75) is 40.3 Å². The fourth-order valence-corrected chi connectivity index (χ4v) is 3.12. The van der Waals surface area contributed by atoms with Gasteiger partial charge < -0.3 is 5.32 Å². The van der Waals surface area contributed by atoms with Crippen LogP contribution in [0.1, 0.15) is 36.3 Å². The van der Waals surface area contributed by atoms with E-state index >= 15 is 0 Å². The Morgan fingerprint density at radius 1 is 1.50 bits per heavy atom. The van der Waals surface area contributed by atoms with E-state index in [2.05, 4.69) is 22.3 Å². The number of likely N-dealkylation sites (N-methyl/N-ethyl adjacent to an activating group) is 1. The summed E-state index contributed by atoms with van der Waals surface area (Å²) in [5.41, 5.74) is 2.66. The smallest absolute Gasteiger partial charge is 0.238 e. The van der Waals surface area contributed by atoms with Crippen LogP contribution in [0.25, 0.3) is 0 Å². The second-order valence-electron chi connectivity index (χ2n) is 5.37. The molecule has 0 fully saturated rings. The van der Waals surface area contributed by atoms with Gasteiger partial charge in [-0.05, 0) is 34.7 Å². The van der Waals surface area contributed by atoms with Gasteiger partial charge in [-0.3, -0.25) is 14.4 Å². The zero-order chi connectivity index (χ0) is 16.3. The molecular formula is C15H23N5OS. The van der Waals surface area contributed by atoms with Crippen molar-refractivity contribution in [1.29, 1.82) is 0 Å². The molecule has 1 atom stereocenters. The van der Waals surface area contributed by atoms with Gasteiger partial charge in [0, 0.05) is 18.1 Å². The number of hydrogen-bond acceptors (Lipinski definition) is 5. The van der Waals surface area contributed by atoms with Gasteiger partial charge in [-0.15, -0.1) is 11.3 Å². The number of aryl methyl sites for hydroxylation is 2. The number of amides is 1. The third kappa shape index (κ3) is 3.53. The molecule has 0 spiro atoms. The molecule has 7 heteroatoms. The van der Waals surface area contributed by atoms with E-state index in [-0.39, 0.29) is 11.9 Å². The molecule has 2 heterocycles. The van der Waals surface area contributed by atoms with E-state index in [4.69, 9.17) is 0 Å². The Kier molecular flexibility index (Phi) is 5.31. The number of aromatic nitrogens is 3. The van der Waals surface area contributed by atoms with Gasteiger partial charge in [0.2, 0.25) is 5.91 Å². The number of carbonyl (C=O) groups is 1. The number of nitrogens with one attached hydrogen (secondary N) is 1. The van der Waals surface area contributed by atoms with Gasteiger partial charge in [0.25, 0.3) is 0 Å². The van der Waals surface area contributed by atoms with Crippen LogP contribution in [0.2, 0.25) is 0 Å². The molecule has 2 rings (SSSR count). The molecule has 0 saturated heterocycles. The van der Waals surface area contributed by atoms with Crippen LogP contribution in [-0.2, 0) is 11.3 Å². The second kappa shape index (κ2) is 7.02. The molecule has 0 aliphatic carbocycles. The topological polar surface area (TPSA) is 63.1 Å². The summed E-state index contributed by atoms with van der Waals surface area (Å²) in [6, 6.07) is 0.117.